The van der Waals surface area contributed by atoms with Gasteiger partial charge in [0.05, 0.1) is 31.1 Å². The lowest BCUT2D eigenvalue weighted by atomic mass is 9.98. The molecule has 1 heterocycles. The van der Waals surface area contributed by atoms with Gasteiger partial charge in [-0.25, -0.2) is 0 Å². The third-order valence-electron chi connectivity index (χ3n) is 4.14. The van der Waals surface area contributed by atoms with Crippen LogP contribution in [0.3, 0.4) is 0 Å². The average Bonchev–Trinajstić information content (AvgIpc) is 2.87. The predicted octanol–water partition coefficient (Wildman–Crippen LogP) is 2.18. The third-order valence-corrected chi connectivity index (χ3v) is 4.14. The molecule has 0 radical (unpaired) electrons. The molecule has 0 aliphatic heterocycles. The van der Waals surface area contributed by atoms with Crippen LogP contribution in [-0.4, -0.2) is 40.2 Å². The quantitative estimate of drug-likeness (QED) is 0.687. The van der Waals surface area contributed by atoms with Gasteiger partial charge in [0.1, 0.15) is 0 Å². The van der Waals surface area contributed by atoms with E-state index in [1.54, 1.807) is 0 Å². The highest BCUT2D eigenvalue weighted by atomic mass is 16.5. The lowest BCUT2D eigenvalue weighted by Crippen LogP contribution is -2.32. The van der Waals surface area contributed by atoms with Crippen LogP contribution in [0.2, 0.25) is 0 Å². The van der Waals surface area contributed by atoms with Gasteiger partial charge in [-0.2, -0.15) is 5.10 Å². The third kappa shape index (κ3) is 5.55. The average molecular weight is 307 g/mol. The zero-order chi connectivity index (χ0) is 15.8. The van der Waals surface area contributed by atoms with E-state index in [0.717, 1.165) is 30.6 Å². The highest BCUT2D eigenvalue weighted by Crippen LogP contribution is 2.20. The Bertz CT molecular complexity index is 453. The second-order valence-corrected chi connectivity index (χ2v) is 6.13. The molecule has 1 aromatic rings. The first-order valence-corrected chi connectivity index (χ1v) is 8.33. The van der Waals surface area contributed by atoms with Crippen molar-refractivity contribution in [1.29, 1.82) is 0 Å². The minimum Gasteiger partial charge on any atom is -0.389 e. The zero-order valence-electron chi connectivity index (χ0n) is 13.6. The second kappa shape index (κ2) is 9.08. The van der Waals surface area contributed by atoms with E-state index in [9.17, 15) is 5.11 Å². The fraction of sp³-hybridized carbons (Fsp3) is 0.706. The van der Waals surface area contributed by atoms with Crippen molar-refractivity contribution in [2.24, 2.45) is 0 Å². The number of nitrogens with zero attached hydrogens (tertiary/aromatic N) is 2. The molecule has 124 valence electrons. The van der Waals surface area contributed by atoms with Gasteiger partial charge >= 0.3 is 0 Å². The number of hydrogen-bond acceptors (Lipinski definition) is 4. The molecule has 0 spiro atoms. The molecule has 1 fully saturated rings. The molecule has 0 saturated heterocycles. The summed E-state index contributed by atoms with van der Waals surface area (Å²) in [4.78, 5) is 0. The van der Waals surface area contributed by atoms with Crippen LogP contribution >= 0.6 is 0 Å². The lowest BCUT2D eigenvalue weighted by Gasteiger charge is -2.23. The number of nitrogens with one attached hydrogen (secondary N) is 1. The van der Waals surface area contributed by atoms with E-state index >= 15 is 0 Å². The van der Waals surface area contributed by atoms with Crippen LogP contribution in [0.5, 0.6) is 0 Å². The summed E-state index contributed by atoms with van der Waals surface area (Å²) >= 11 is 0. The van der Waals surface area contributed by atoms with Crippen LogP contribution in [0.25, 0.3) is 0 Å². The first-order valence-electron chi connectivity index (χ1n) is 8.33. The van der Waals surface area contributed by atoms with Gasteiger partial charge in [0.25, 0.3) is 0 Å². The smallest absolute Gasteiger partial charge is 0.0897 e. The van der Waals surface area contributed by atoms with Crippen molar-refractivity contribution in [2.45, 2.75) is 64.3 Å². The minimum atomic E-state index is -0.453. The lowest BCUT2D eigenvalue weighted by molar-refractivity contribution is -0.0230. The van der Waals surface area contributed by atoms with Crippen LogP contribution in [0.4, 0.5) is 0 Å². The fourth-order valence-corrected chi connectivity index (χ4v) is 2.87. The molecule has 2 rings (SSSR count). The van der Waals surface area contributed by atoms with Crippen molar-refractivity contribution in [3.05, 3.63) is 30.1 Å². The van der Waals surface area contributed by atoms with Crippen LogP contribution in [-0.2, 0) is 17.8 Å². The van der Waals surface area contributed by atoms with Crippen molar-refractivity contribution in [1.82, 2.24) is 15.1 Å². The number of aliphatic hydroxyl groups is 1. The molecule has 1 aromatic heterocycles. The first kappa shape index (κ1) is 17.2. The topological polar surface area (TPSA) is 59.3 Å². The molecule has 5 nitrogen and oxygen atoms in total. The number of aliphatic hydroxyl groups excluding tert-OH is 1. The number of aryl methyl sites for hydroxylation is 1. The maximum Gasteiger partial charge on any atom is 0.0897 e. The molecular weight excluding hydrogens is 278 g/mol. The SMILES string of the molecule is C=CCn1cc(CNCC(O)COC2CCCCC2)c(C)n1. The van der Waals surface area contributed by atoms with E-state index in [2.05, 4.69) is 17.0 Å². The molecule has 1 aliphatic rings. The van der Waals surface area contributed by atoms with Crippen molar-refractivity contribution in [3.63, 3.8) is 0 Å². The maximum absolute atomic E-state index is 9.99. The molecule has 0 amide bonds. The van der Waals surface area contributed by atoms with Gasteiger partial charge in [0.2, 0.25) is 0 Å². The zero-order valence-corrected chi connectivity index (χ0v) is 13.6. The Morgan fingerprint density at radius 3 is 3.00 bits per heavy atom. The van der Waals surface area contributed by atoms with E-state index in [-0.39, 0.29) is 0 Å². The Morgan fingerprint density at radius 2 is 2.27 bits per heavy atom. The van der Waals surface area contributed by atoms with Gasteiger partial charge in [0.15, 0.2) is 0 Å². The van der Waals surface area contributed by atoms with Crippen LogP contribution in [0.15, 0.2) is 18.9 Å². The molecule has 1 unspecified atom stereocenters. The molecule has 0 bridgehead atoms. The Balaban J connectivity index is 1.63. The highest BCUT2D eigenvalue weighted by Gasteiger charge is 2.15. The van der Waals surface area contributed by atoms with Gasteiger partial charge in [-0.3, -0.25) is 4.68 Å². The molecule has 22 heavy (non-hydrogen) atoms. The number of ether oxygens (including phenoxy) is 1. The number of aromatic nitrogens is 2. The van der Waals surface area contributed by atoms with E-state index < -0.39 is 6.10 Å². The molecule has 0 aromatic carbocycles. The van der Waals surface area contributed by atoms with E-state index in [0.29, 0.717) is 25.8 Å². The van der Waals surface area contributed by atoms with Crippen molar-refractivity contribution in [2.75, 3.05) is 13.2 Å². The summed E-state index contributed by atoms with van der Waals surface area (Å²) in [5.41, 5.74) is 2.17. The number of rotatable bonds is 9. The predicted molar refractivity (Wildman–Crippen MR) is 87.7 cm³/mol. The van der Waals surface area contributed by atoms with Crippen LogP contribution < -0.4 is 5.32 Å². The first-order chi connectivity index (χ1) is 10.7. The molecule has 5 heteroatoms. The summed E-state index contributed by atoms with van der Waals surface area (Å²) < 4.78 is 7.67. The molecule has 1 saturated carbocycles. The highest BCUT2D eigenvalue weighted by molar-refractivity contribution is 5.15. The van der Waals surface area contributed by atoms with Crippen molar-refractivity contribution >= 4 is 0 Å². The monoisotopic (exact) mass is 307 g/mol. The Morgan fingerprint density at radius 1 is 1.50 bits per heavy atom. The fourth-order valence-electron chi connectivity index (χ4n) is 2.87. The summed E-state index contributed by atoms with van der Waals surface area (Å²) in [6.07, 6.45) is 9.87. The van der Waals surface area contributed by atoms with Crippen molar-refractivity contribution in [3.8, 4) is 0 Å². The molecule has 1 aliphatic carbocycles. The second-order valence-electron chi connectivity index (χ2n) is 6.13. The largest absolute Gasteiger partial charge is 0.389 e. The Hall–Kier alpha value is -1.17. The van der Waals surface area contributed by atoms with Gasteiger partial charge in [-0.1, -0.05) is 25.3 Å². The van der Waals surface area contributed by atoms with E-state index in [4.69, 9.17) is 4.74 Å². The summed E-state index contributed by atoms with van der Waals surface area (Å²) in [7, 11) is 0. The van der Waals surface area contributed by atoms with Crippen molar-refractivity contribution < 1.29 is 9.84 Å². The Kier molecular flexibility index (Phi) is 7.09. The number of allylic oxidation sites excluding steroid dienone is 1. The van der Waals surface area contributed by atoms with Gasteiger partial charge in [0, 0.05) is 24.8 Å². The number of hydrogen-bond donors (Lipinski definition) is 2. The van der Waals surface area contributed by atoms with Crippen LogP contribution in [0.1, 0.15) is 43.4 Å². The minimum absolute atomic E-state index is 0.350. The summed E-state index contributed by atoms with van der Waals surface area (Å²) in [6, 6.07) is 0. The van der Waals surface area contributed by atoms with E-state index in [1.165, 1.54) is 19.3 Å². The molecule has 2 N–H and O–H groups in total. The summed E-state index contributed by atoms with van der Waals surface area (Å²) in [6.45, 7) is 8.11. The molecule has 1 atom stereocenters. The standard InChI is InChI=1S/C17H29N3O2/c1-3-9-20-12-15(14(2)19-20)10-18-11-16(21)13-22-17-7-5-4-6-8-17/h3,12,16-18,21H,1,4-11,13H2,2H3. The summed E-state index contributed by atoms with van der Waals surface area (Å²) in [5.74, 6) is 0. The van der Waals surface area contributed by atoms with Gasteiger partial charge in [-0.15, -0.1) is 6.58 Å². The Labute approximate surface area is 133 Å². The van der Waals surface area contributed by atoms with E-state index in [1.807, 2.05) is 23.9 Å². The van der Waals surface area contributed by atoms with Gasteiger partial charge < -0.3 is 15.2 Å². The summed E-state index contributed by atoms with van der Waals surface area (Å²) in [5, 5.41) is 17.7. The molecular formula is C17H29N3O2. The normalized spacial score (nSPS) is 17.5. The van der Waals surface area contributed by atoms with Crippen LogP contribution in [0, 0.1) is 6.92 Å². The maximum atomic E-state index is 9.99. The van der Waals surface area contributed by atoms with Gasteiger partial charge in [-0.05, 0) is 19.8 Å².